The minimum atomic E-state index is 0.760. The first kappa shape index (κ1) is 5.22. The average Bonchev–Trinajstić information content (AvgIpc) is 2.42. The number of rotatable bonds is 1. The van der Waals surface area contributed by atoms with E-state index in [9.17, 15) is 0 Å². The van der Waals surface area contributed by atoms with E-state index in [2.05, 4.69) is 5.22 Å². The van der Waals surface area contributed by atoms with Crippen LogP contribution in [0.25, 0.3) is 11.3 Å². The zero-order valence-electron chi connectivity index (χ0n) is 5.11. The first-order chi connectivity index (χ1) is 4.90. The van der Waals surface area contributed by atoms with E-state index in [1.165, 1.54) is 0 Å². The highest BCUT2D eigenvalue weighted by atomic mass is 16.5. The summed E-state index contributed by atoms with van der Waals surface area (Å²) in [6.45, 7) is 0. The van der Waals surface area contributed by atoms with Gasteiger partial charge < -0.3 is 4.52 Å². The van der Waals surface area contributed by atoms with Crippen LogP contribution in [-0.2, 0) is 0 Å². The van der Waals surface area contributed by atoms with E-state index in [-0.39, 0.29) is 0 Å². The number of hydrogen-bond acceptors (Lipinski definition) is 3. The van der Waals surface area contributed by atoms with Gasteiger partial charge >= 0.3 is 0 Å². The second kappa shape index (κ2) is 1.70. The molecule has 0 aromatic rings. The fourth-order valence-electron chi connectivity index (χ4n) is 0.903. The molecule has 1 aliphatic carbocycles. The monoisotopic (exact) mass is 135 g/mol. The van der Waals surface area contributed by atoms with Crippen LogP contribution in [0.5, 0.6) is 0 Å². The van der Waals surface area contributed by atoms with Gasteiger partial charge in [-0.3, -0.25) is 0 Å². The molecule has 2 rings (SSSR count). The molecule has 1 heterocycles. The molecule has 0 fully saturated rings. The smallest absolute Gasteiger partial charge is 0.166 e. The number of nitrogens with zero attached hydrogens (tertiary/aromatic N) is 2. The molecular weight excluding hydrogens is 130 g/mol. The summed E-state index contributed by atoms with van der Waals surface area (Å²) in [6, 6.07) is 5.62. The summed E-state index contributed by atoms with van der Waals surface area (Å²) in [4.78, 5) is 1.12. The maximum absolute atomic E-state index is 6.61. The lowest BCUT2D eigenvalue weighted by Gasteiger charge is -1.80. The molecule has 0 amide bonds. The summed E-state index contributed by atoms with van der Waals surface area (Å²) in [5, 5.41) is 3.08. The SMILES string of the molecule is N=Nn1cc2cccc-2o1. The molecule has 0 aromatic heterocycles. The second-order valence-corrected chi connectivity index (χ2v) is 1.97. The Kier molecular flexibility index (Phi) is 0.887. The third-order valence-electron chi connectivity index (χ3n) is 1.35. The van der Waals surface area contributed by atoms with Crippen molar-refractivity contribution in [3.63, 3.8) is 0 Å². The lowest BCUT2D eigenvalue weighted by atomic mass is 10.3. The summed E-state index contributed by atoms with van der Waals surface area (Å²) >= 11 is 0. The molecule has 1 N–H and O–H groups in total. The van der Waals surface area contributed by atoms with Crippen molar-refractivity contribution in [2.75, 3.05) is 0 Å². The Hall–Kier alpha value is -1.58. The average molecular weight is 135 g/mol. The first-order valence-electron chi connectivity index (χ1n) is 2.85. The highest BCUT2D eigenvalue weighted by molar-refractivity contribution is 5.58. The highest BCUT2D eigenvalue weighted by Gasteiger charge is 2.06. The van der Waals surface area contributed by atoms with E-state index in [1.807, 2.05) is 18.2 Å². The molecule has 2 aliphatic rings. The van der Waals surface area contributed by atoms with Gasteiger partial charge in [0.1, 0.15) is 0 Å². The van der Waals surface area contributed by atoms with E-state index in [4.69, 9.17) is 10.1 Å². The molecule has 10 heavy (non-hydrogen) atoms. The van der Waals surface area contributed by atoms with Gasteiger partial charge in [-0.1, -0.05) is 10.9 Å². The minimum absolute atomic E-state index is 0.760. The summed E-state index contributed by atoms with van der Waals surface area (Å²) < 4.78 is 5.02. The summed E-state index contributed by atoms with van der Waals surface area (Å²) in [6.07, 6.45) is 1.66. The Morgan fingerprint density at radius 3 is 3.10 bits per heavy atom. The fourth-order valence-corrected chi connectivity index (χ4v) is 0.903. The van der Waals surface area contributed by atoms with Crippen LogP contribution in [0.1, 0.15) is 0 Å². The molecule has 1 aliphatic heterocycles. The molecule has 50 valence electrons. The van der Waals surface area contributed by atoms with Crippen molar-refractivity contribution < 1.29 is 4.52 Å². The van der Waals surface area contributed by atoms with Gasteiger partial charge in [-0.2, -0.15) is 5.53 Å². The third kappa shape index (κ3) is 0.556. The van der Waals surface area contributed by atoms with Crippen molar-refractivity contribution in [3.05, 3.63) is 24.4 Å². The van der Waals surface area contributed by atoms with E-state index in [1.54, 1.807) is 6.20 Å². The van der Waals surface area contributed by atoms with Crippen molar-refractivity contribution in [1.29, 1.82) is 5.53 Å². The number of hydrogen-bond donors (Lipinski definition) is 1. The minimum Gasteiger partial charge on any atom is -0.356 e. The topological polar surface area (TPSA) is 54.3 Å². The molecule has 0 bridgehead atoms. The lowest BCUT2D eigenvalue weighted by molar-refractivity contribution is 0.293. The van der Waals surface area contributed by atoms with Crippen LogP contribution in [0.2, 0.25) is 0 Å². The van der Waals surface area contributed by atoms with Crippen molar-refractivity contribution in [2.24, 2.45) is 5.22 Å². The van der Waals surface area contributed by atoms with Crippen LogP contribution in [0, 0.1) is 5.53 Å². The van der Waals surface area contributed by atoms with Gasteiger partial charge in [0, 0.05) is 5.56 Å². The molecule has 0 radical (unpaired) electrons. The molecule has 0 aromatic carbocycles. The predicted molar refractivity (Wildman–Crippen MR) is 33.9 cm³/mol. The Labute approximate surface area is 56.8 Å². The van der Waals surface area contributed by atoms with Crippen molar-refractivity contribution in [1.82, 2.24) is 4.85 Å². The van der Waals surface area contributed by atoms with E-state index < -0.39 is 0 Å². The molecule has 0 saturated carbocycles. The summed E-state index contributed by atoms with van der Waals surface area (Å²) in [7, 11) is 0. The van der Waals surface area contributed by atoms with E-state index in [0.29, 0.717) is 0 Å². The van der Waals surface area contributed by atoms with Crippen LogP contribution >= 0.6 is 0 Å². The Balaban J connectivity index is 2.67. The van der Waals surface area contributed by atoms with Crippen molar-refractivity contribution in [3.8, 4) is 11.3 Å². The fraction of sp³-hybridized carbons (Fsp3) is 0. The molecule has 0 saturated heterocycles. The Morgan fingerprint density at radius 2 is 2.40 bits per heavy atom. The largest absolute Gasteiger partial charge is 0.356 e. The molecule has 4 heteroatoms. The molecule has 4 nitrogen and oxygen atoms in total. The van der Waals surface area contributed by atoms with Gasteiger partial charge in [0.05, 0.1) is 6.20 Å². The Bertz CT molecular complexity index is 296. The van der Waals surface area contributed by atoms with Crippen LogP contribution < -0.4 is 0 Å². The zero-order chi connectivity index (χ0) is 6.97. The standard InChI is InChI=1S/C6H5N3O/c7-8-9-4-5-2-1-3-6(5)10-9/h1-4,7H. The zero-order valence-corrected chi connectivity index (χ0v) is 5.11. The third-order valence-corrected chi connectivity index (χ3v) is 1.35. The first-order valence-corrected chi connectivity index (χ1v) is 2.85. The molecule has 0 atom stereocenters. The number of aromatic nitrogens is 1. The highest BCUT2D eigenvalue weighted by Crippen LogP contribution is 2.23. The van der Waals surface area contributed by atoms with Gasteiger partial charge in [0.15, 0.2) is 5.76 Å². The van der Waals surface area contributed by atoms with Crippen molar-refractivity contribution in [2.45, 2.75) is 0 Å². The van der Waals surface area contributed by atoms with Crippen LogP contribution in [0.4, 0.5) is 0 Å². The molecule has 0 spiro atoms. The van der Waals surface area contributed by atoms with Crippen LogP contribution in [0.3, 0.4) is 0 Å². The quantitative estimate of drug-likeness (QED) is 0.597. The van der Waals surface area contributed by atoms with E-state index >= 15 is 0 Å². The maximum atomic E-state index is 6.61. The van der Waals surface area contributed by atoms with Gasteiger partial charge in [0.2, 0.25) is 0 Å². The maximum Gasteiger partial charge on any atom is 0.166 e. The van der Waals surface area contributed by atoms with Crippen LogP contribution in [0.15, 0.2) is 34.1 Å². The summed E-state index contributed by atoms with van der Waals surface area (Å²) in [5.74, 6) is 0.760. The Morgan fingerprint density at radius 1 is 1.50 bits per heavy atom. The van der Waals surface area contributed by atoms with E-state index in [0.717, 1.165) is 16.2 Å². The van der Waals surface area contributed by atoms with Gasteiger partial charge in [-0.15, -0.1) is 0 Å². The number of fused-ring (bicyclic) bond motifs is 1. The van der Waals surface area contributed by atoms with Gasteiger partial charge in [-0.05, 0) is 17.4 Å². The lowest BCUT2D eigenvalue weighted by Crippen LogP contribution is -1.74. The summed E-state index contributed by atoms with van der Waals surface area (Å²) in [5.41, 5.74) is 7.58. The van der Waals surface area contributed by atoms with Gasteiger partial charge in [0.25, 0.3) is 0 Å². The normalized spacial score (nSPS) is 10.4. The van der Waals surface area contributed by atoms with Crippen molar-refractivity contribution >= 4 is 0 Å². The van der Waals surface area contributed by atoms with Crippen LogP contribution in [-0.4, -0.2) is 4.85 Å². The molecule has 0 unspecified atom stereocenters. The second-order valence-electron chi connectivity index (χ2n) is 1.97. The predicted octanol–water partition coefficient (Wildman–Crippen LogP) is 1.98. The van der Waals surface area contributed by atoms with Gasteiger partial charge in [-0.25, -0.2) is 0 Å². The number of nitrogens with one attached hydrogen (secondary N) is 1. The molecular formula is C6H5N3O.